The number of ether oxygens (including phenoxy) is 3. The molecule has 0 aromatic rings. The van der Waals surface area contributed by atoms with E-state index >= 15 is 0 Å². The van der Waals surface area contributed by atoms with Gasteiger partial charge >= 0.3 is 5.97 Å². The van der Waals surface area contributed by atoms with E-state index in [-0.39, 0.29) is 24.5 Å². The van der Waals surface area contributed by atoms with Crippen LogP contribution in [-0.2, 0) is 23.8 Å². The first-order chi connectivity index (χ1) is 10.7. The van der Waals surface area contributed by atoms with Crippen molar-refractivity contribution in [2.24, 2.45) is 0 Å². The Labute approximate surface area is 133 Å². The van der Waals surface area contributed by atoms with Gasteiger partial charge in [-0.05, 0) is 19.8 Å². The predicted octanol–water partition coefficient (Wildman–Crippen LogP) is 1.76. The molecule has 22 heavy (non-hydrogen) atoms. The van der Waals surface area contributed by atoms with Gasteiger partial charge in [0.05, 0.1) is 32.8 Å². The summed E-state index contributed by atoms with van der Waals surface area (Å²) in [6.45, 7) is 3.51. The van der Waals surface area contributed by atoms with E-state index in [2.05, 4.69) is 0 Å². The van der Waals surface area contributed by atoms with Crippen LogP contribution in [0.2, 0.25) is 0 Å². The van der Waals surface area contributed by atoms with Crippen molar-refractivity contribution in [1.82, 2.24) is 4.90 Å². The second-order valence-corrected chi connectivity index (χ2v) is 5.47. The number of amides is 1. The lowest BCUT2D eigenvalue weighted by Crippen LogP contribution is -2.45. The molecule has 1 aliphatic carbocycles. The summed E-state index contributed by atoms with van der Waals surface area (Å²) in [7, 11) is 1.61. The molecule has 0 spiro atoms. The molecule has 0 atom stereocenters. The monoisotopic (exact) mass is 315 g/mol. The fourth-order valence-corrected chi connectivity index (χ4v) is 2.71. The van der Waals surface area contributed by atoms with Crippen molar-refractivity contribution in [1.29, 1.82) is 0 Å². The van der Waals surface area contributed by atoms with E-state index in [0.29, 0.717) is 32.8 Å². The lowest BCUT2D eigenvalue weighted by Gasteiger charge is -2.33. The summed E-state index contributed by atoms with van der Waals surface area (Å²) in [5, 5.41) is 0. The van der Waals surface area contributed by atoms with Gasteiger partial charge in [-0.3, -0.25) is 9.59 Å². The maximum atomic E-state index is 12.4. The number of rotatable bonds is 10. The maximum absolute atomic E-state index is 12.4. The van der Waals surface area contributed by atoms with Gasteiger partial charge in [-0.2, -0.15) is 0 Å². The minimum absolute atomic E-state index is 0.0302. The van der Waals surface area contributed by atoms with E-state index < -0.39 is 0 Å². The van der Waals surface area contributed by atoms with Crippen LogP contribution in [0, 0.1) is 0 Å². The van der Waals surface area contributed by atoms with Crippen LogP contribution < -0.4 is 0 Å². The zero-order valence-electron chi connectivity index (χ0n) is 13.8. The molecule has 0 aromatic carbocycles. The smallest absolute Gasteiger partial charge is 0.325 e. The topological polar surface area (TPSA) is 65.1 Å². The summed E-state index contributed by atoms with van der Waals surface area (Å²) in [4.78, 5) is 25.9. The van der Waals surface area contributed by atoms with Gasteiger partial charge in [0.2, 0.25) is 5.91 Å². The van der Waals surface area contributed by atoms with Crippen LogP contribution in [0.15, 0.2) is 0 Å². The summed E-state index contributed by atoms with van der Waals surface area (Å²) >= 11 is 0. The predicted molar refractivity (Wildman–Crippen MR) is 82.5 cm³/mol. The molecular formula is C16H29NO5. The minimum Gasteiger partial charge on any atom is -0.465 e. The van der Waals surface area contributed by atoms with Gasteiger partial charge in [-0.15, -0.1) is 0 Å². The van der Waals surface area contributed by atoms with Crippen molar-refractivity contribution in [3.8, 4) is 0 Å². The van der Waals surface area contributed by atoms with Crippen molar-refractivity contribution < 1.29 is 23.8 Å². The highest BCUT2D eigenvalue weighted by Gasteiger charge is 2.27. The Morgan fingerprint density at radius 1 is 1.09 bits per heavy atom. The van der Waals surface area contributed by atoms with Crippen molar-refractivity contribution >= 4 is 11.9 Å². The molecule has 6 heteroatoms. The van der Waals surface area contributed by atoms with Gasteiger partial charge in [0.15, 0.2) is 0 Å². The molecule has 0 N–H and O–H groups in total. The van der Waals surface area contributed by atoms with Crippen LogP contribution in [-0.4, -0.2) is 62.9 Å². The Morgan fingerprint density at radius 3 is 2.45 bits per heavy atom. The molecule has 0 heterocycles. The summed E-state index contributed by atoms with van der Waals surface area (Å²) in [6.07, 6.45) is 5.66. The Kier molecular flexibility index (Phi) is 9.82. The van der Waals surface area contributed by atoms with Crippen LogP contribution in [0.3, 0.4) is 0 Å². The standard InChI is InChI=1S/C16H29NO5/c1-3-22-16(19)13-17(14-7-5-4-6-8-14)15(18)9-10-21-12-11-20-2/h14H,3-13H2,1-2H3. The Bertz CT molecular complexity index is 328. The summed E-state index contributed by atoms with van der Waals surface area (Å²) < 4.78 is 15.2. The van der Waals surface area contributed by atoms with E-state index in [1.807, 2.05) is 0 Å². The van der Waals surface area contributed by atoms with Crippen LogP contribution in [0.4, 0.5) is 0 Å². The van der Waals surface area contributed by atoms with Crippen LogP contribution in [0.5, 0.6) is 0 Å². The Hall–Kier alpha value is -1.14. The number of carbonyl (C=O) groups is 2. The van der Waals surface area contributed by atoms with E-state index in [1.165, 1.54) is 6.42 Å². The van der Waals surface area contributed by atoms with Crippen molar-refractivity contribution in [2.75, 3.05) is 40.1 Å². The van der Waals surface area contributed by atoms with Crippen molar-refractivity contribution in [3.63, 3.8) is 0 Å². The van der Waals surface area contributed by atoms with Crippen LogP contribution in [0.1, 0.15) is 45.4 Å². The molecule has 1 aliphatic rings. The summed E-state index contributed by atoms with van der Waals surface area (Å²) in [6, 6.07) is 0.157. The maximum Gasteiger partial charge on any atom is 0.325 e. The van der Waals surface area contributed by atoms with Gasteiger partial charge in [0.25, 0.3) is 0 Å². The Balaban J connectivity index is 2.47. The third-order valence-electron chi connectivity index (χ3n) is 3.83. The fraction of sp³-hybridized carbons (Fsp3) is 0.875. The van der Waals surface area contributed by atoms with Gasteiger partial charge in [-0.1, -0.05) is 19.3 Å². The van der Waals surface area contributed by atoms with Crippen molar-refractivity contribution in [2.45, 2.75) is 51.5 Å². The number of hydrogen-bond acceptors (Lipinski definition) is 5. The second kappa shape index (κ2) is 11.4. The lowest BCUT2D eigenvalue weighted by molar-refractivity contribution is -0.151. The Morgan fingerprint density at radius 2 is 1.82 bits per heavy atom. The highest BCUT2D eigenvalue weighted by molar-refractivity contribution is 5.82. The molecule has 0 unspecified atom stereocenters. The van der Waals surface area contributed by atoms with Gasteiger partial charge in [-0.25, -0.2) is 0 Å². The minimum atomic E-state index is -0.332. The molecule has 1 fully saturated rings. The van der Waals surface area contributed by atoms with E-state index in [0.717, 1.165) is 25.7 Å². The van der Waals surface area contributed by atoms with Gasteiger partial charge < -0.3 is 19.1 Å². The van der Waals surface area contributed by atoms with E-state index in [4.69, 9.17) is 14.2 Å². The van der Waals surface area contributed by atoms with Crippen molar-refractivity contribution in [3.05, 3.63) is 0 Å². The molecule has 0 bridgehead atoms. The first-order valence-electron chi connectivity index (χ1n) is 8.20. The number of methoxy groups -OCH3 is 1. The highest BCUT2D eigenvalue weighted by atomic mass is 16.5. The molecule has 0 saturated heterocycles. The zero-order chi connectivity index (χ0) is 16.2. The summed E-state index contributed by atoms with van der Waals surface area (Å²) in [5.41, 5.74) is 0. The highest BCUT2D eigenvalue weighted by Crippen LogP contribution is 2.23. The second-order valence-electron chi connectivity index (χ2n) is 5.47. The average molecular weight is 315 g/mol. The average Bonchev–Trinajstić information content (AvgIpc) is 2.53. The third-order valence-corrected chi connectivity index (χ3v) is 3.83. The van der Waals surface area contributed by atoms with E-state index in [1.54, 1.807) is 18.9 Å². The molecule has 0 radical (unpaired) electrons. The number of carbonyl (C=O) groups excluding carboxylic acids is 2. The zero-order valence-corrected chi connectivity index (χ0v) is 13.8. The number of hydrogen-bond donors (Lipinski definition) is 0. The van der Waals surface area contributed by atoms with Gasteiger partial charge in [0, 0.05) is 13.2 Å². The molecule has 128 valence electrons. The molecule has 0 aliphatic heterocycles. The number of nitrogens with zero attached hydrogens (tertiary/aromatic N) is 1. The molecule has 1 rings (SSSR count). The molecular weight excluding hydrogens is 286 g/mol. The SMILES string of the molecule is CCOC(=O)CN(C(=O)CCOCCOC)C1CCCCC1. The van der Waals surface area contributed by atoms with Gasteiger partial charge in [0.1, 0.15) is 6.54 Å². The normalized spacial score (nSPS) is 15.5. The molecule has 6 nitrogen and oxygen atoms in total. The first kappa shape index (κ1) is 18.9. The van der Waals surface area contributed by atoms with Crippen LogP contribution in [0.25, 0.3) is 0 Å². The molecule has 1 amide bonds. The third kappa shape index (κ3) is 7.22. The largest absolute Gasteiger partial charge is 0.465 e. The fourth-order valence-electron chi connectivity index (χ4n) is 2.71. The molecule has 1 saturated carbocycles. The van der Waals surface area contributed by atoms with Crippen LogP contribution >= 0.6 is 0 Å². The summed E-state index contributed by atoms with van der Waals surface area (Å²) in [5.74, 6) is -0.362. The lowest BCUT2D eigenvalue weighted by atomic mass is 9.94. The van der Waals surface area contributed by atoms with E-state index in [9.17, 15) is 9.59 Å². The number of esters is 1. The molecule has 0 aromatic heterocycles. The quantitative estimate of drug-likeness (QED) is 0.454. The first-order valence-corrected chi connectivity index (χ1v) is 8.20.